The molecule has 2 amide bonds. The Morgan fingerprint density at radius 2 is 1.50 bits per heavy atom. The van der Waals surface area contributed by atoms with E-state index in [0.717, 1.165) is 21.5 Å². The van der Waals surface area contributed by atoms with E-state index in [4.69, 9.17) is 0 Å². The maximum atomic E-state index is 14.9. The number of anilines is 1. The number of rotatable bonds is 11. The Labute approximate surface area is 224 Å². The molecule has 0 aliphatic heterocycles. The van der Waals surface area contributed by atoms with Gasteiger partial charge in [-0.1, -0.05) is 74.0 Å². The van der Waals surface area contributed by atoms with Crippen LogP contribution in [0.4, 0.5) is 10.1 Å². The zero-order valence-corrected chi connectivity index (χ0v) is 22.9. The minimum absolute atomic E-state index is 0.0727. The van der Waals surface area contributed by atoms with Crippen LogP contribution in [0.2, 0.25) is 0 Å². The number of carbonyl (C=O) groups is 2. The fraction of sp³-hybridized carbons (Fsp3) is 0.310. The van der Waals surface area contributed by atoms with Crippen molar-refractivity contribution < 1.29 is 22.4 Å². The van der Waals surface area contributed by atoms with Gasteiger partial charge >= 0.3 is 0 Å². The van der Waals surface area contributed by atoms with Crippen LogP contribution in [0.1, 0.15) is 31.9 Å². The molecule has 0 fully saturated rings. The molecular weight excluding hydrogens is 505 g/mol. The highest BCUT2D eigenvalue weighted by Gasteiger charge is 2.33. The van der Waals surface area contributed by atoms with E-state index in [2.05, 4.69) is 5.32 Å². The minimum atomic E-state index is -4.32. The Morgan fingerprint density at radius 3 is 2.11 bits per heavy atom. The van der Waals surface area contributed by atoms with E-state index >= 15 is 0 Å². The lowest BCUT2D eigenvalue weighted by atomic mass is 10.1. The van der Waals surface area contributed by atoms with E-state index in [1.165, 1.54) is 35.2 Å². The van der Waals surface area contributed by atoms with Crippen molar-refractivity contribution in [2.24, 2.45) is 5.92 Å². The number of para-hydroxylation sites is 1. The van der Waals surface area contributed by atoms with Gasteiger partial charge < -0.3 is 10.2 Å². The van der Waals surface area contributed by atoms with E-state index in [-0.39, 0.29) is 29.0 Å². The maximum Gasteiger partial charge on any atom is 0.264 e. The van der Waals surface area contributed by atoms with Crippen LogP contribution >= 0.6 is 0 Å². The lowest BCUT2D eigenvalue weighted by Gasteiger charge is -2.32. The van der Waals surface area contributed by atoms with E-state index in [1.807, 2.05) is 51.1 Å². The van der Waals surface area contributed by atoms with E-state index in [0.29, 0.717) is 6.54 Å². The van der Waals surface area contributed by atoms with E-state index in [1.54, 1.807) is 19.1 Å². The van der Waals surface area contributed by atoms with Crippen molar-refractivity contribution in [3.8, 4) is 0 Å². The minimum Gasteiger partial charge on any atom is -0.354 e. The second kappa shape index (κ2) is 12.7. The molecular formula is C29H34FN3O4S. The summed E-state index contributed by atoms with van der Waals surface area (Å²) in [5, 5.41) is 2.83. The van der Waals surface area contributed by atoms with Crippen LogP contribution in [0.15, 0.2) is 83.8 Å². The standard InChI is InChI=1S/C29H34FN3O4S/c1-21(2)18-31-29(35)23(4)32(19-24-10-6-5-7-11-24)28(34)20-33(27-13-9-8-12-26(27)30)38(36,37)25-16-14-22(3)15-17-25/h5-17,21,23H,18-20H2,1-4H3,(H,31,35). The summed E-state index contributed by atoms with van der Waals surface area (Å²) in [6, 6.07) is 19.7. The van der Waals surface area contributed by atoms with Gasteiger partial charge in [-0.25, -0.2) is 12.8 Å². The molecule has 0 bridgehead atoms. The summed E-state index contributed by atoms with van der Waals surface area (Å²) in [6.45, 7) is 7.15. The normalized spacial score (nSPS) is 12.2. The van der Waals surface area contributed by atoms with Gasteiger partial charge in [-0.2, -0.15) is 0 Å². The summed E-state index contributed by atoms with van der Waals surface area (Å²) in [6.07, 6.45) is 0. The molecule has 0 spiro atoms. The summed E-state index contributed by atoms with van der Waals surface area (Å²) in [4.78, 5) is 28.0. The first-order valence-corrected chi connectivity index (χ1v) is 13.9. The topological polar surface area (TPSA) is 86.8 Å². The molecule has 7 nitrogen and oxygen atoms in total. The lowest BCUT2D eigenvalue weighted by molar-refractivity contribution is -0.139. The van der Waals surface area contributed by atoms with Crippen molar-refractivity contribution in [2.75, 3.05) is 17.4 Å². The zero-order valence-electron chi connectivity index (χ0n) is 22.1. The van der Waals surface area contributed by atoms with Gasteiger partial charge in [-0.05, 0) is 49.6 Å². The van der Waals surface area contributed by atoms with Gasteiger partial charge in [-0.15, -0.1) is 0 Å². The molecule has 0 aliphatic carbocycles. The molecule has 0 heterocycles. The zero-order chi connectivity index (χ0) is 27.9. The Hall–Kier alpha value is -3.72. The number of amides is 2. The van der Waals surface area contributed by atoms with Gasteiger partial charge in [0.2, 0.25) is 11.8 Å². The van der Waals surface area contributed by atoms with Gasteiger partial charge in [-0.3, -0.25) is 13.9 Å². The largest absolute Gasteiger partial charge is 0.354 e. The molecule has 1 N–H and O–H groups in total. The number of sulfonamides is 1. The number of halogens is 1. The first kappa shape index (κ1) is 28.8. The highest BCUT2D eigenvalue weighted by Crippen LogP contribution is 2.27. The van der Waals surface area contributed by atoms with Crippen LogP contribution in [-0.4, -0.2) is 44.3 Å². The maximum absolute atomic E-state index is 14.9. The number of hydrogen-bond acceptors (Lipinski definition) is 4. The summed E-state index contributed by atoms with van der Waals surface area (Å²) in [5.74, 6) is -1.57. The summed E-state index contributed by atoms with van der Waals surface area (Å²) in [5.41, 5.74) is 1.37. The van der Waals surface area contributed by atoms with Gasteiger partial charge in [0.05, 0.1) is 10.6 Å². The smallest absolute Gasteiger partial charge is 0.264 e. The van der Waals surface area contributed by atoms with Gasteiger partial charge in [0, 0.05) is 13.1 Å². The Balaban J connectivity index is 2.01. The van der Waals surface area contributed by atoms with Crippen LogP contribution in [0.5, 0.6) is 0 Å². The van der Waals surface area contributed by atoms with Crippen molar-refractivity contribution in [1.82, 2.24) is 10.2 Å². The van der Waals surface area contributed by atoms with Gasteiger partial charge in [0.15, 0.2) is 0 Å². The average molecular weight is 540 g/mol. The fourth-order valence-electron chi connectivity index (χ4n) is 3.82. The third kappa shape index (κ3) is 7.19. The molecule has 0 saturated heterocycles. The number of benzene rings is 3. The van der Waals surface area contributed by atoms with Crippen molar-refractivity contribution in [1.29, 1.82) is 0 Å². The van der Waals surface area contributed by atoms with Crippen LogP contribution < -0.4 is 9.62 Å². The molecule has 1 atom stereocenters. The second-order valence-electron chi connectivity index (χ2n) is 9.60. The van der Waals surface area contributed by atoms with Crippen molar-refractivity contribution >= 4 is 27.5 Å². The van der Waals surface area contributed by atoms with Crippen LogP contribution in [0.3, 0.4) is 0 Å². The average Bonchev–Trinajstić information content (AvgIpc) is 2.89. The lowest BCUT2D eigenvalue weighted by Crippen LogP contribution is -2.51. The van der Waals surface area contributed by atoms with Crippen molar-refractivity contribution in [3.63, 3.8) is 0 Å². The molecule has 0 aromatic heterocycles. The van der Waals surface area contributed by atoms with Gasteiger partial charge in [0.25, 0.3) is 10.0 Å². The first-order chi connectivity index (χ1) is 18.0. The molecule has 3 rings (SSSR count). The highest BCUT2D eigenvalue weighted by atomic mass is 32.2. The Bertz CT molecular complexity index is 1350. The van der Waals surface area contributed by atoms with Gasteiger partial charge in [0.1, 0.15) is 18.4 Å². The number of aryl methyl sites for hydroxylation is 1. The molecule has 1 unspecified atom stereocenters. The predicted molar refractivity (Wildman–Crippen MR) is 146 cm³/mol. The van der Waals surface area contributed by atoms with E-state index in [9.17, 15) is 22.4 Å². The molecule has 0 radical (unpaired) electrons. The summed E-state index contributed by atoms with van der Waals surface area (Å²) >= 11 is 0. The third-order valence-electron chi connectivity index (χ3n) is 6.06. The van der Waals surface area contributed by atoms with Crippen LogP contribution in [0.25, 0.3) is 0 Å². The number of nitrogens with zero attached hydrogens (tertiary/aromatic N) is 2. The van der Waals surface area contributed by atoms with Crippen LogP contribution in [0, 0.1) is 18.7 Å². The monoisotopic (exact) mass is 539 g/mol. The molecule has 9 heteroatoms. The number of hydrogen-bond donors (Lipinski definition) is 1. The Kier molecular flexibility index (Phi) is 9.63. The summed E-state index contributed by atoms with van der Waals surface area (Å²) in [7, 11) is -4.32. The summed E-state index contributed by atoms with van der Waals surface area (Å²) < 4.78 is 43.1. The molecule has 0 saturated carbocycles. The van der Waals surface area contributed by atoms with Crippen LogP contribution in [-0.2, 0) is 26.2 Å². The number of nitrogens with one attached hydrogen (secondary N) is 1. The SMILES string of the molecule is Cc1ccc(S(=O)(=O)N(CC(=O)N(Cc2ccccc2)C(C)C(=O)NCC(C)C)c2ccccc2F)cc1. The second-order valence-corrected chi connectivity index (χ2v) is 11.5. The first-order valence-electron chi connectivity index (χ1n) is 12.5. The predicted octanol–water partition coefficient (Wildman–Crippen LogP) is 4.52. The van der Waals surface area contributed by atoms with E-state index < -0.39 is 34.3 Å². The number of carbonyl (C=O) groups excluding carboxylic acids is 2. The van der Waals surface area contributed by atoms with Crippen molar-refractivity contribution in [3.05, 3.63) is 95.8 Å². The molecule has 38 heavy (non-hydrogen) atoms. The fourth-order valence-corrected chi connectivity index (χ4v) is 5.24. The molecule has 0 aliphatic rings. The van der Waals surface area contributed by atoms with Crippen molar-refractivity contribution in [2.45, 2.75) is 45.2 Å². The Morgan fingerprint density at radius 1 is 0.895 bits per heavy atom. The molecule has 3 aromatic rings. The quantitative estimate of drug-likeness (QED) is 0.388. The third-order valence-corrected chi connectivity index (χ3v) is 7.83. The highest BCUT2D eigenvalue weighted by molar-refractivity contribution is 7.92. The molecule has 202 valence electrons. The molecule has 3 aromatic carbocycles.